The molecule has 0 saturated carbocycles. The molecule has 2 atom stereocenters. The predicted molar refractivity (Wildman–Crippen MR) is 87.0 cm³/mol. The van der Waals surface area contributed by atoms with Gasteiger partial charge in [0.2, 0.25) is 5.91 Å². The summed E-state index contributed by atoms with van der Waals surface area (Å²) in [5, 5.41) is 10.6. The number of hydrogen-bond acceptors (Lipinski definition) is 3. The molecule has 5 nitrogen and oxygen atoms in total. The van der Waals surface area contributed by atoms with Gasteiger partial charge in [0.05, 0.1) is 6.54 Å². The van der Waals surface area contributed by atoms with Crippen LogP contribution in [0.5, 0.6) is 0 Å². The van der Waals surface area contributed by atoms with Crippen molar-refractivity contribution in [2.75, 3.05) is 5.75 Å². The highest BCUT2D eigenvalue weighted by Gasteiger charge is 2.37. The van der Waals surface area contributed by atoms with E-state index in [0.717, 1.165) is 22.2 Å². The first-order valence-corrected chi connectivity index (χ1v) is 7.88. The van der Waals surface area contributed by atoms with E-state index in [2.05, 4.69) is 17.6 Å². The number of nitrogens with one attached hydrogen (secondary N) is 1. The van der Waals surface area contributed by atoms with Crippen molar-refractivity contribution < 1.29 is 14.7 Å². The number of carbonyl (C=O) groups is 2. The Morgan fingerprint density at radius 3 is 2.86 bits per heavy atom. The summed E-state index contributed by atoms with van der Waals surface area (Å²) in [6, 6.07) is 7.00. The SMILES string of the molecule is C[C@H](CS)C(=O)N1Cc2[nH]c3ccccc3c2CC1C(=O)O. The van der Waals surface area contributed by atoms with Crippen LogP contribution in [0.1, 0.15) is 18.2 Å². The highest BCUT2D eigenvalue weighted by Crippen LogP contribution is 2.31. The van der Waals surface area contributed by atoms with Gasteiger partial charge in [0, 0.05) is 34.7 Å². The third-order valence-electron chi connectivity index (χ3n) is 4.27. The lowest BCUT2D eigenvalue weighted by Crippen LogP contribution is -2.50. The Balaban J connectivity index is 2.03. The second-order valence-electron chi connectivity index (χ2n) is 5.74. The number of fused-ring (bicyclic) bond motifs is 3. The van der Waals surface area contributed by atoms with E-state index < -0.39 is 12.0 Å². The summed E-state index contributed by atoms with van der Waals surface area (Å²) in [6.45, 7) is 2.08. The van der Waals surface area contributed by atoms with Crippen LogP contribution in [0.3, 0.4) is 0 Å². The summed E-state index contributed by atoms with van der Waals surface area (Å²) >= 11 is 4.15. The van der Waals surface area contributed by atoms with Crippen LogP contribution in [0, 0.1) is 5.92 Å². The van der Waals surface area contributed by atoms with Crippen LogP contribution < -0.4 is 0 Å². The molecule has 2 aromatic rings. The molecule has 2 heterocycles. The van der Waals surface area contributed by atoms with Crippen LogP contribution in [0.2, 0.25) is 0 Å². The Kier molecular flexibility index (Phi) is 3.87. The van der Waals surface area contributed by atoms with Crippen LogP contribution in [-0.4, -0.2) is 38.7 Å². The number of nitrogens with zero attached hydrogens (tertiary/aromatic N) is 1. The number of hydrogen-bond donors (Lipinski definition) is 3. The Morgan fingerprint density at radius 1 is 1.45 bits per heavy atom. The van der Waals surface area contributed by atoms with Gasteiger partial charge >= 0.3 is 5.97 Å². The van der Waals surface area contributed by atoms with Gasteiger partial charge in [-0.05, 0) is 11.6 Å². The Morgan fingerprint density at radius 2 is 2.18 bits per heavy atom. The van der Waals surface area contributed by atoms with E-state index in [1.54, 1.807) is 6.92 Å². The fourth-order valence-electron chi connectivity index (χ4n) is 3.02. The third-order valence-corrected chi connectivity index (χ3v) is 4.82. The van der Waals surface area contributed by atoms with Crippen molar-refractivity contribution in [1.82, 2.24) is 9.88 Å². The number of carbonyl (C=O) groups excluding carboxylic acids is 1. The van der Waals surface area contributed by atoms with E-state index >= 15 is 0 Å². The van der Waals surface area contributed by atoms with Gasteiger partial charge in [0.15, 0.2) is 0 Å². The van der Waals surface area contributed by atoms with Gasteiger partial charge in [0.1, 0.15) is 6.04 Å². The number of amides is 1. The average Bonchev–Trinajstić information content (AvgIpc) is 2.89. The Bertz CT molecular complexity index is 740. The minimum absolute atomic E-state index is 0.160. The van der Waals surface area contributed by atoms with Gasteiger partial charge in [0.25, 0.3) is 0 Å². The average molecular weight is 318 g/mol. The topological polar surface area (TPSA) is 73.4 Å². The minimum Gasteiger partial charge on any atom is -0.480 e. The van der Waals surface area contributed by atoms with Crippen LogP contribution in [0.15, 0.2) is 24.3 Å². The molecule has 1 amide bonds. The van der Waals surface area contributed by atoms with E-state index in [0.29, 0.717) is 18.7 Å². The molecule has 22 heavy (non-hydrogen) atoms. The standard InChI is InChI=1S/C16H18N2O3S/c1-9(8-22)15(19)18-7-13-11(6-14(18)16(20)21)10-4-2-3-5-12(10)17-13/h2-5,9,14,17,22H,6-8H2,1H3,(H,20,21)/t9-,14?/m1/s1. The van der Waals surface area contributed by atoms with Crippen molar-refractivity contribution in [2.45, 2.75) is 25.9 Å². The first-order chi connectivity index (χ1) is 10.5. The van der Waals surface area contributed by atoms with Gasteiger partial charge in [-0.15, -0.1) is 0 Å². The first-order valence-electron chi connectivity index (χ1n) is 7.25. The number of benzene rings is 1. The molecule has 0 bridgehead atoms. The fourth-order valence-corrected chi connectivity index (χ4v) is 3.18. The summed E-state index contributed by atoms with van der Waals surface area (Å²) in [5.41, 5.74) is 2.91. The number of aromatic nitrogens is 1. The van der Waals surface area contributed by atoms with Crippen molar-refractivity contribution in [3.8, 4) is 0 Å². The highest BCUT2D eigenvalue weighted by molar-refractivity contribution is 7.80. The summed E-state index contributed by atoms with van der Waals surface area (Å²) < 4.78 is 0. The van der Waals surface area contributed by atoms with Crippen LogP contribution >= 0.6 is 12.6 Å². The Hall–Kier alpha value is -1.95. The molecule has 1 aromatic heterocycles. The zero-order valence-corrected chi connectivity index (χ0v) is 13.1. The maximum atomic E-state index is 12.5. The molecule has 3 rings (SSSR count). The normalized spacial score (nSPS) is 19.0. The maximum Gasteiger partial charge on any atom is 0.326 e. The summed E-state index contributed by atoms with van der Waals surface area (Å²) in [5.74, 6) is -1.01. The van der Waals surface area contributed by atoms with Gasteiger partial charge in [-0.2, -0.15) is 12.6 Å². The number of carboxylic acids is 1. The summed E-state index contributed by atoms with van der Waals surface area (Å²) in [7, 11) is 0. The molecule has 0 saturated heterocycles. The molecule has 0 fully saturated rings. The van der Waals surface area contributed by atoms with E-state index in [1.165, 1.54) is 4.90 Å². The number of rotatable bonds is 3. The number of aliphatic carboxylic acids is 1. The largest absolute Gasteiger partial charge is 0.480 e. The van der Waals surface area contributed by atoms with Crippen LogP contribution in [0.4, 0.5) is 0 Å². The van der Waals surface area contributed by atoms with Gasteiger partial charge in [-0.1, -0.05) is 25.1 Å². The molecule has 2 N–H and O–H groups in total. The van der Waals surface area contributed by atoms with E-state index in [1.807, 2.05) is 24.3 Å². The Labute approximate surface area is 133 Å². The van der Waals surface area contributed by atoms with Crippen molar-refractivity contribution in [3.63, 3.8) is 0 Å². The van der Waals surface area contributed by atoms with Crippen LogP contribution in [-0.2, 0) is 22.6 Å². The third kappa shape index (κ3) is 2.37. The highest BCUT2D eigenvalue weighted by atomic mass is 32.1. The number of para-hydroxylation sites is 1. The lowest BCUT2D eigenvalue weighted by atomic mass is 9.95. The van der Waals surface area contributed by atoms with Gasteiger partial charge in [-0.25, -0.2) is 4.79 Å². The fraction of sp³-hybridized carbons (Fsp3) is 0.375. The molecule has 1 aromatic carbocycles. The minimum atomic E-state index is -0.962. The predicted octanol–water partition coefficient (Wildman–Crippen LogP) is 2.07. The second-order valence-corrected chi connectivity index (χ2v) is 6.10. The molecule has 1 unspecified atom stereocenters. The second kappa shape index (κ2) is 5.68. The quantitative estimate of drug-likeness (QED) is 0.759. The zero-order chi connectivity index (χ0) is 15.9. The number of thiol groups is 1. The monoisotopic (exact) mass is 318 g/mol. The number of carboxylic acid groups (broad SMARTS) is 1. The molecule has 0 radical (unpaired) electrons. The molecule has 0 spiro atoms. The molecular formula is C16H18N2O3S. The lowest BCUT2D eigenvalue weighted by Gasteiger charge is -2.34. The van der Waals surface area contributed by atoms with Gasteiger partial charge in [-0.3, -0.25) is 4.79 Å². The van der Waals surface area contributed by atoms with Crippen molar-refractivity contribution in [2.24, 2.45) is 5.92 Å². The molecule has 116 valence electrons. The molecule has 1 aliphatic heterocycles. The maximum absolute atomic E-state index is 12.5. The van der Waals surface area contributed by atoms with E-state index in [-0.39, 0.29) is 11.8 Å². The molecule has 6 heteroatoms. The molecule has 1 aliphatic rings. The van der Waals surface area contributed by atoms with Crippen LogP contribution in [0.25, 0.3) is 10.9 Å². The van der Waals surface area contributed by atoms with Crippen molar-refractivity contribution in [3.05, 3.63) is 35.5 Å². The number of aromatic amines is 1. The summed E-state index contributed by atoms with van der Waals surface area (Å²) in [4.78, 5) is 28.9. The zero-order valence-electron chi connectivity index (χ0n) is 12.2. The van der Waals surface area contributed by atoms with Crippen molar-refractivity contribution in [1.29, 1.82) is 0 Å². The number of H-pyrrole nitrogens is 1. The van der Waals surface area contributed by atoms with E-state index in [4.69, 9.17) is 0 Å². The van der Waals surface area contributed by atoms with Crippen molar-refractivity contribution >= 4 is 35.4 Å². The summed E-state index contributed by atoms with van der Waals surface area (Å²) in [6.07, 6.45) is 0.333. The smallest absolute Gasteiger partial charge is 0.326 e. The lowest BCUT2D eigenvalue weighted by molar-refractivity contribution is -0.152. The first kappa shape index (κ1) is 15.0. The molecule has 0 aliphatic carbocycles. The van der Waals surface area contributed by atoms with E-state index in [9.17, 15) is 14.7 Å². The molecular weight excluding hydrogens is 300 g/mol. The van der Waals surface area contributed by atoms with Gasteiger partial charge < -0.3 is 15.0 Å².